The highest BCUT2D eigenvalue weighted by molar-refractivity contribution is 6.34. The molecule has 0 radical (unpaired) electrons. The summed E-state index contributed by atoms with van der Waals surface area (Å²) in [6.45, 7) is 1.89. The van der Waals surface area contributed by atoms with Crippen LogP contribution in [0.25, 0.3) is 0 Å². The third kappa shape index (κ3) is 2.04. The van der Waals surface area contributed by atoms with Crippen molar-refractivity contribution in [1.82, 2.24) is 14.8 Å². The predicted octanol–water partition coefficient (Wildman–Crippen LogP) is 1.65. The molecule has 2 heterocycles. The molecule has 1 aromatic carbocycles. The molecule has 1 aliphatic rings. The van der Waals surface area contributed by atoms with Gasteiger partial charge in [0.05, 0.1) is 22.8 Å². The Hall–Kier alpha value is -2.08. The summed E-state index contributed by atoms with van der Waals surface area (Å²) in [5.41, 5.74) is 0.756. The van der Waals surface area contributed by atoms with Gasteiger partial charge in [0.1, 0.15) is 6.33 Å². The van der Waals surface area contributed by atoms with Gasteiger partial charge in [-0.3, -0.25) is 0 Å². The van der Waals surface area contributed by atoms with E-state index in [1.807, 2.05) is 9.47 Å². The van der Waals surface area contributed by atoms with E-state index in [1.165, 1.54) is 0 Å². The van der Waals surface area contributed by atoms with Crippen molar-refractivity contribution in [2.45, 2.75) is 13.1 Å². The van der Waals surface area contributed by atoms with Gasteiger partial charge in [0.25, 0.3) is 0 Å². The molecule has 6 nitrogen and oxygen atoms in total. The van der Waals surface area contributed by atoms with Crippen molar-refractivity contribution in [3.05, 3.63) is 40.9 Å². The number of nitrogens with zero attached hydrogens (tertiary/aromatic N) is 4. The average Bonchev–Trinajstić information content (AvgIpc) is 2.85. The zero-order valence-corrected chi connectivity index (χ0v) is 10.7. The van der Waals surface area contributed by atoms with E-state index < -0.39 is 5.97 Å². The van der Waals surface area contributed by atoms with Gasteiger partial charge in [-0.05, 0) is 12.1 Å². The normalized spacial score (nSPS) is 14.3. The number of fused-ring (bicyclic) bond motifs is 1. The summed E-state index contributed by atoms with van der Waals surface area (Å²) >= 11 is 6.16. The first-order valence-electron chi connectivity index (χ1n) is 5.80. The summed E-state index contributed by atoms with van der Waals surface area (Å²) in [4.78, 5) is 13.2. The van der Waals surface area contributed by atoms with Gasteiger partial charge in [-0.25, -0.2) is 4.79 Å². The summed E-state index contributed by atoms with van der Waals surface area (Å²) in [7, 11) is 0. The number of para-hydroxylation sites is 1. The van der Waals surface area contributed by atoms with Crippen LogP contribution in [0.4, 0.5) is 5.69 Å². The number of halogens is 1. The molecule has 19 heavy (non-hydrogen) atoms. The molecule has 0 spiro atoms. The van der Waals surface area contributed by atoms with E-state index in [-0.39, 0.29) is 5.56 Å². The van der Waals surface area contributed by atoms with Crippen molar-refractivity contribution in [2.24, 2.45) is 0 Å². The lowest BCUT2D eigenvalue weighted by atomic mass is 10.1. The van der Waals surface area contributed by atoms with Crippen LogP contribution in [0.5, 0.6) is 0 Å². The lowest BCUT2D eigenvalue weighted by molar-refractivity contribution is 0.0697. The monoisotopic (exact) mass is 278 g/mol. The molecular formula is C12H11ClN4O2. The minimum Gasteiger partial charge on any atom is -0.478 e. The molecule has 0 fully saturated rings. The van der Waals surface area contributed by atoms with Crippen molar-refractivity contribution >= 4 is 23.3 Å². The van der Waals surface area contributed by atoms with Crippen LogP contribution in [0.15, 0.2) is 24.5 Å². The molecule has 2 aromatic rings. The highest BCUT2D eigenvalue weighted by Gasteiger charge is 2.24. The Labute approximate surface area is 114 Å². The highest BCUT2D eigenvalue weighted by atomic mass is 35.5. The molecule has 0 atom stereocenters. The highest BCUT2D eigenvalue weighted by Crippen LogP contribution is 2.32. The Morgan fingerprint density at radius 2 is 2.21 bits per heavy atom. The molecule has 0 unspecified atom stereocenters. The van der Waals surface area contributed by atoms with Crippen molar-refractivity contribution in [3.63, 3.8) is 0 Å². The lowest BCUT2D eigenvalue weighted by Gasteiger charge is -2.30. The number of rotatable bonds is 2. The van der Waals surface area contributed by atoms with E-state index in [4.69, 9.17) is 11.6 Å². The third-order valence-corrected chi connectivity index (χ3v) is 3.48. The first-order valence-corrected chi connectivity index (χ1v) is 6.18. The number of carboxylic acids is 1. The zero-order chi connectivity index (χ0) is 13.4. The number of anilines is 1. The maximum atomic E-state index is 11.3. The van der Waals surface area contributed by atoms with Gasteiger partial charge in [0.2, 0.25) is 0 Å². The maximum absolute atomic E-state index is 11.3. The standard InChI is InChI=1S/C12H11ClN4O2/c13-9-3-1-2-8(12(18)19)11(9)16-4-5-17-7-14-15-10(17)6-16/h1-3,7H,4-6H2,(H,18,19). The Morgan fingerprint density at radius 3 is 3.00 bits per heavy atom. The van der Waals surface area contributed by atoms with Crippen molar-refractivity contribution in [1.29, 1.82) is 0 Å². The van der Waals surface area contributed by atoms with Crippen molar-refractivity contribution < 1.29 is 9.90 Å². The molecular weight excluding hydrogens is 268 g/mol. The second-order valence-corrected chi connectivity index (χ2v) is 4.71. The third-order valence-electron chi connectivity index (χ3n) is 3.17. The number of hydrogen-bond acceptors (Lipinski definition) is 4. The molecule has 0 saturated carbocycles. The van der Waals surface area contributed by atoms with Crippen LogP contribution in [0.2, 0.25) is 5.02 Å². The van der Waals surface area contributed by atoms with Gasteiger partial charge in [0, 0.05) is 13.1 Å². The summed E-state index contributed by atoms with van der Waals surface area (Å²) in [6.07, 6.45) is 1.68. The number of carboxylic acid groups (broad SMARTS) is 1. The van der Waals surface area contributed by atoms with Gasteiger partial charge in [0.15, 0.2) is 5.82 Å². The molecule has 7 heteroatoms. The number of aromatic nitrogens is 3. The Kier molecular flexibility index (Phi) is 2.87. The van der Waals surface area contributed by atoms with Crippen molar-refractivity contribution in [2.75, 3.05) is 11.4 Å². The molecule has 0 saturated heterocycles. The number of benzene rings is 1. The van der Waals surface area contributed by atoms with Crippen LogP contribution in [-0.4, -0.2) is 32.4 Å². The van der Waals surface area contributed by atoms with E-state index in [0.717, 1.165) is 5.82 Å². The van der Waals surface area contributed by atoms with Crippen LogP contribution in [0.3, 0.4) is 0 Å². The fraction of sp³-hybridized carbons (Fsp3) is 0.250. The van der Waals surface area contributed by atoms with Gasteiger partial charge in [-0.1, -0.05) is 17.7 Å². The van der Waals surface area contributed by atoms with E-state index in [9.17, 15) is 9.90 Å². The molecule has 0 amide bonds. The zero-order valence-electron chi connectivity index (χ0n) is 9.95. The van der Waals surface area contributed by atoms with Gasteiger partial charge in [-0.2, -0.15) is 0 Å². The fourth-order valence-electron chi connectivity index (χ4n) is 2.27. The Morgan fingerprint density at radius 1 is 1.37 bits per heavy atom. The topological polar surface area (TPSA) is 71.2 Å². The van der Waals surface area contributed by atoms with E-state index >= 15 is 0 Å². The largest absolute Gasteiger partial charge is 0.478 e. The van der Waals surface area contributed by atoms with E-state index in [1.54, 1.807) is 24.5 Å². The molecule has 1 aliphatic heterocycles. The van der Waals surface area contributed by atoms with Crippen LogP contribution < -0.4 is 4.90 Å². The second kappa shape index (κ2) is 4.55. The number of hydrogen-bond donors (Lipinski definition) is 1. The molecule has 0 bridgehead atoms. The Bertz CT molecular complexity index is 640. The minimum atomic E-state index is -0.982. The predicted molar refractivity (Wildman–Crippen MR) is 69.5 cm³/mol. The van der Waals surface area contributed by atoms with E-state index in [0.29, 0.717) is 30.3 Å². The second-order valence-electron chi connectivity index (χ2n) is 4.30. The van der Waals surface area contributed by atoms with Gasteiger partial charge >= 0.3 is 5.97 Å². The lowest BCUT2D eigenvalue weighted by Crippen LogP contribution is -2.34. The van der Waals surface area contributed by atoms with Crippen LogP contribution >= 0.6 is 11.6 Å². The Balaban J connectivity index is 2.02. The summed E-state index contributed by atoms with van der Waals surface area (Å²) in [5.74, 6) is -0.174. The van der Waals surface area contributed by atoms with Crippen molar-refractivity contribution in [3.8, 4) is 0 Å². The smallest absolute Gasteiger partial charge is 0.337 e. The summed E-state index contributed by atoms with van der Waals surface area (Å²) in [6, 6.07) is 4.90. The SMILES string of the molecule is O=C(O)c1cccc(Cl)c1N1CCn2cnnc2C1. The maximum Gasteiger partial charge on any atom is 0.337 e. The number of carbonyl (C=O) groups is 1. The van der Waals surface area contributed by atoms with Crippen LogP contribution in [0.1, 0.15) is 16.2 Å². The van der Waals surface area contributed by atoms with Gasteiger partial charge in [-0.15, -0.1) is 10.2 Å². The quantitative estimate of drug-likeness (QED) is 0.904. The first-order chi connectivity index (χ1) is 9.16. The molecule has 98 valence electrons. The van der Waals surface area contributed by atoms with Crippen LogP contribution in [-0.2, 0) is 13.1 Å². The molecule has 1 N–H and O–H groups in total. The minimum absolute atomic E-state index is 0.209. The fourth-order valence-corrected chi connectivity index (χ4v) is 2.56. The first kappa shape index (κ1) is 12.0. The number of aromatic carboxylic acids is 1. The molecule has 1 aromatic heterocycles. The summed E-state index contributed by atoms with van der Waals surface area (Å²) < 4.78 is 1.95. The summed E-state index contributed by atoms with van der Waals surface area (Å²) in [5, 5.41) is 17.6. The van der Waals surface area contributed by atoms with Gasteiger partial charge < -0.3 is 14.6 Å². The van der Waals surface area contributed by atoms with E-state index in [2.05, 4.69) is 10.2 Å². The molecule has 3 rings (SSSR count). The molecule has 0 aliphatic carbocycles. The average molecular weight is 279 g/mol. The van der Waals surface area contributed by atoms with Crippen LogP contribution in [0, 0.1) is 0 Å².